The van der Waals surface area contributed by atoms with Gasteiger partial charge in [0.1, 0.15) is 17.0 Å². The largest absolute Gasteiger partial charge is 0.382 e. The average Bonchev–Trinajstić information content (AvgIpc) is 3.55. The molecule has 6 rings (SSSR count). The summed E-state index contributed by atoms with van der Waals surface area (Å²) in [6.45, 7) is 4.75. The second-order valence-corrected chi connectivity index (χ2v) is 10.7. The van der Waals surface area contributed by atoms with Gasteiger partial charge in [-0.1, -0.05) is 0 Å². The Morgan fingerprint density at radius 1 is 0.976 bits per heavy atom. The van der Waals surface area contributed by atoms with E-state index < -0.39 is 0 Å². The van der Waals surface area contributed by atoms with E-state index in [2.05, 4.69) is 49.3 Å². The van der Waals surface area contributed by atoms with Crippen LogP contribution in [-0.4, -0.2) is 66.7 Å². The number of hydrogen-bond donors (Lipinski definition) is 4. The molecule has 6 aromatic rings. The van der Waals surface area contributed by atoms with Crippen molar-refractivity contribution in [1.82, 2.24) is 40.0 Å². The fourth-order valence-electron chi connectivity index (χ4n) is 4.97. The van der Waals surface area contributed by atoms with Gasteiger partial charge in [-0.05, 0) is 69.9 Å². The van der Waals surface area contributed by atoms with Crippen LogP contribution in [0.25, 0.3) is 56.0 Å². The highest BCUT2D eigenvalue weighted by atomic mass is 19.1. The third-order valence-corrected chi connectivity index (χ3v) is 6.75. The molecule has 41 heavy (non-hydrogen) atoms. The fourth-order valence-corrected chi connectivity index (χ4v) is 4.97. The van der Waals surface area contributed by atoms with Crippen LogP contribution >= 0.6 is 0 Å². The standard InChI is InChI=1S/C30H31FN10/c1-16(2)36-21-10-19(12-33-13-21)25-11-22-26(14-35-25)39-40-28(22)30-37-24-5-6-34-27(29(24)38-30)18-7-17(8-20(31)9-18)23(32)15-41(3)4/h5-14,16,23,36H,15,32H2,1-4H3,(H,37,38)(H,39,40). The summed E-state index contributed by atoms with van der Waals surface area (Å²) in [7, 11) is 3.87. The summed E-state index contributed by atoms with van der Waals surface area (Å²) in [5.41, 5.74) is 13.6. The van der Waals surface area contributed by atoms with Crippen molar-refractivity contribution in [1.29, 1.82) is 0 Å². The summed E-state index contributed by atoms with van der Waals surface area (Å²) >= 11 is 0. The van der Waals surface area contributed by atoms with Gasteiger partial charge in [-0.3, -0.25) is 20.1 Å². The van der Waals surface area contributed by atoms with Crippen LogP contribution in [0, 0.1) is 5.82 Å². The zero-order valence-electron chi connectivity index (χ0n) is 23.3. The van der Waals surface area contributed by atoms with Crippen molar-refractivity contribution in [3.05, 3.63) is 72.6 Å². The number of anilines is 1. The molecule has 0 radical (unpaired) electrons. The summed E-state index contributed by atoms with van der Waals surface area (Å²) in [6.07, 6.45) is 7.02. The van der Waals surface area contributed by atoms with E-state index in [1.165, 1.54) is 12.1 Å². The van der Waals surface area contributed by atoms with Gasteiger partial charge >= 0.3 is 0 Å². The summed E-state index contributed by atoms with van der Waals surface area (Å²) in [6, 6.07) is 10.6. The number of aromatic amines is 2. The Morgan fingerprint density at radius 3 is 2.63 bits per heavy atom. The minimum Gasteiger partial charge on any atom is -0.382 e. The first-order chi connectivity index (χ1) is 19.7. The van der Waals surface area contributed by atoms with Gasteiger partial charge in [0, 0.05) is 53.7 Å². The number of halogens is 1. The molecule has 10 nitrogen and oxygen atoms in total. The van der Waals surface area contributed by atoms with Crippen molar-refractivity contribution < 1.29 is 4.39 Å². The van der Waals surface area contributed by atoms with Crippen LogP contribution in [0.1, 0.15) is 25.5 Å². The van der Waals surface area contributed by atoms with Gasteiger partial charge < -0.3 is 20.9 Å². The molecule has 0 fully saturated rings. The lowest BCUT2D eigenvalue weighted by atomic mass is 10.0. The monoisotopic (exact) mass is 550 g/mol. The number of nitrogens with one attached hydrogen (secondary N) is 3. The molecule has 0 saturated heterocycles. The van der Waals surface area contributed by atoms with Crippen LogP contribution in [0.3, 0.4) is 0 Å². The molecule has 0 aliphatic heterocycles. The van der Waals surface area contributed by atoms with E-state index >= 15 is 0 Å². The summed E-state index contributed by atoms with van der Waals surface area (Å²) in [4.78, 5) is 23.8. The molecule has 208 valence electrons. The molecule has 0 aliphatic carbocycles. The van der Waals surface area contributed by atoms with Crippen LogP contribution in [0.5, 0.6) is 0 Å². The summed E-state index contributed by atoms with van der Waals surface area (Å²) < 4.78 is 14.7. The van der Waals surface area contributed by atoms with E-state index in [-0.39, 0.29) is 17.9 Å². The van der Waals surface area contributed by atoms with Gasteiger partial charge in [-0.15, -0.1) is 0 Å². The number of aromatic nitrogens is 7. The topological polar surface area (TPSA) is 137 Å². The number of likely N-dealkylation sites (N-methyl/N-ethyl adjacent to an activating group) is 1. The van der Waals surface area contributed by atoms with Crippen molar-refractivity contribution in [3.63, 3.8) is 0 Å². The number of rotatable bonds is 8. The third kappa shape index (κ3) is 5.37. The molecule has 0 saturated carbocycles. The van der Waals surface area contributed by atoms with Crippen molar-refractivity contribution >= 4 is 27.6 Å². The molecule has 5 N–H and O–H groups in total. The van der Waals surface area contributed by atoms with Crippen LogP contribution in [0.15, 0.2) is 61.2 Å². The molecule has 1 unspecified atom stereocenters. The second kappa shape index (κ2) is 10.7. The number of fused-ring (bicyclic) bond motifs is 2. The molecular formula is C30H31FN10. The molecule has 0 amide bonds. The van der Waals surface area contributed by atoms with Gasteiger partial charge in [-0.2, -0.15) is 5.10 Å². The van der Waals surface area contributed by atoms with Gasteiger partial charge in [0.2, 0.25) is 0 Å². The number of hydrogen-bond acceptors (Lipinski definition) is 8. The number of H-pyrrole nitrogens is 2. The zero-order valence-corrected chi connectivity index (χ0v) is 23.3. The fraction of sp³-hybridized carbons (Fsp3) is 0.233. The van der Waals surface area contributed by atoms with E-state index in [9.17, 15) is 4.39 Å². The first-order valence-corrected chi connectivity index (χ1v) is 13.4. The number of pyridine rings is 3. The minimum atomic E-state index is -0.373. The lowest BCUT2D eigenvalue weighted by molar-refractivity contribution is 0.376. The molecule has 5 heterocycles. The van der Waals surface area contributed by atoms with Crippen LogP contribution < -0.4 is 11.1 Å². The van der Waals surface area contributed by atoms with E-state index in [4.69, 9.17) is 10.7 Å². The van der Waals surface area contributed by atoms with Crippen LogP contribution in [0.4, 0.5) is 10.1 Å². The molecule has 1 aromatic carbocycles. The van der Waals surface area contributed by atoms with Crippen LogP contribution in [-0.2, 0) is 0 Å². The number of benzene rings is 1. The van der Waals surface area contributed by atoms with E-state index in [1.807, 2.05) is 43.3 Å². The summed E-state index contributed by atoms with van der Waals surface area (Å²) in [5.74, 6) is 0.189. The predicted molar refractivity (Wildman–Crippen MR) is 160 cm³/mol. The summed E-state index contributed by atoms with van der Waals surface area (Å²) in [5, 5.41) is 11.8. The lowest BCUT2D eigenvalue weighted by Gasteiger charge is -2.18. The number of imidazole rings is 1. The normalized spacial score (nSPS) is 12.6. The SMILES string of the molecule is CC(C)Nc1cncc(-c2cc3c(-c4nc5c(-c6cc(F)cc(C(N)CN(C)C)c6)nccc5[nH]4)n[nH]c3cn2)c1. The van der Waals surface area contributed by atoms with Crippen molar-refractivity contribution in [2.45, 2.75) is 25.9 Å². The Morgan fingerprint density at radius 2 is 1.83 bits per heavy atom. The van der Waals surface area contributed by atoms with Gasteiger partial charge in [0.25, 0.3) is 0 Å². The first kappa shape index (κ1) is 26.5. The Labute approximate surface area is 236 Å². The highest BCUT2D eigenvalue weighted by Gasteiger charge is 2.19. The molecule has 0 spiro atoms. The Balaban J connectivity index is 1.41. The number of nitrogens with zero attached hydrogens (tertiary/aromatic N) is 6. The van der Waals surface area contributed by atoms with Crippen molar-refractivity contribution in [2.75, 3.05) is 26.0 Å². The maximum atomic E-state index is 14.7. The Hall–Kier alpha value is -4.74. The highest BCUT2D eigenvalue weighted by molar-refractivity contribution is 5.97. The average molecular weight is 551 g/mol. The van der Waals surface area contributed by atoms with Crippen molar-refractivity contribution in [2.24, 2.45) is 5.73 Å². The van der Waals surface area contributed by atoms with Gasteiger partial charge in [-0.25, -0.2) is 9.37 Å². The molecule has 5 aromatic heterocycles. The Bertz CT molecular complexity index is 1860. The molecule has 1 atom stereocenters. The zero-order chi connectivity index (χ0) is 28.7. The quantitative estimate of drug-likeness (QED) is 0.204. The molecular weight excluding hydrogens is 519 g/mol. The highest BCUT2D eigenvalue weighted by Crippen LogP contribution is 2.33. The smallest absolute Gasteiger partial charge is 0.159 e. The molecule has 11 heteroatoms. The van der Waals surface area contributed by atoms with Gasteiger partial charge in [0.05, 0.1) is 34.3 Å². The third-order valence-electron chi connectivity index (χ3n) is 6.75. The molecule has 0 aliphatic rings. The van der Waals surface area contributed by atoms with Crippen molar-refractivity contribution in [3.8, 4) is 34.0 Å². The second-order valence-electron chi connectivity index (χ2n) is 10.7. The Kier molecular flexibility index (Phi) is 6.90. The predicted octanol–water partition coefficient (Wildman–Crippen LogP) is 5.15. The lowest BCUT2D eigenvalue weighted by Crippen LogP contribution is -2.26. The maximum Gasteiger partial charge on any atom is 0.159 e. The number of nitrogens with two attached hydrogens (primary N) is 1. The maximum absolute atomic E-state index is 14.7. The van der Waals surface area contributed by atoms with E-state index in [0.717, 1.165) is 33.4 Å². The van der Waals surface area contributed by atoms with E-state index in [1.54, 1.807) is 24.8 Å². The van der Waals surface area contributed by atoms with Crippen LogP contribution in [0.2, 0.25) is 0 Å². The molecule has 0 bridgehead atoms. The van der Waals surface area contributed by atoms with E-state index in [0.29, 0.717) is 40.4 Å². The van der Waals surface area contributed by atoms with Gasteiger partial charge in [0.15, 0.2) is 5.82 Å². The first-order valence-electron chi connectivity index (χ1n) is 13.4. The minimum absolute atomic E-state index is 0.282.